The van der Waals surface area contributed by atoms with Gasteiger partial charge in [-0.15, -0.1) is 0 Å². The third-order valence-corrected chi connectivity index (χ3v) is 5.29. The van der Waals surface area contributed by atoms with Crippen LogP contribution in [-0.4, -0.2) is 5.78 Å². The summed E-state index contributed by atoms with van der Waals surface area (Å²) in [5, 5.41) is 0. The second kappa shape index (κ2) is 4.27. The SMILES string of the molecule is CCC1C(=O)C(CC)(CC)C1(CC)CC. The highest BCUT2D eigenvalue weighted by atomic mass is 16.1. The van der Waals surface area contributed by atoms with Gasteiger partial charge in [-0.3, -0.25) is 4.79 Å². The lowest BCUT2D eigenvalue weighted by Gasteiger charge is -2.63. The van der Waals surface area contributed by atoms with Crippen molar-refractivity contribution in [1.82, 2.24) is 0 Å². The highest BCUT2D eigenvalue weighted by Gasteiger charge is 2.66. The number of hydrogen-bond acceptors (Lipinski definition) is 1. The summed E-state index contributed by atoms with van der Waals surface area (Å²) < 4.78 is 0. The summed E-state index contributed by atoms with van der Waals surface area (Å²) in [6.07, 6.45) is 5.41. The van der Waals surface area contributed by atoms with E-state index in [-0.39, 0.29) is 5.41 Å². The summed E-state index contributed by atoms with van der Waals surface area (Å²) >= 11 is 0. The number of carbonyl (C=O) groups excluding carboxylic acids is 1. The largest absolute Gasteiger partial charge is 0.299 e. The lowest BCUT2D eigenvalue weighted by molar-refractivity contribution is -0.184. The number of carbonyl (C=O) groups is 1. The second-order valence-corrected chi connectivity index (χ2v) is 4.98. The molecular formula is C14H26O. The van der Waals surface area contributed by atoms with E-state index in [1.165, 1.54) is 0 Å². The first-order valence-corrected chi connectivity index (χ1v) is 6.64. The summed E-state index contributed by atoms with van der Waals surface area (Å²) in [5.74, 6) is 0.895. The van der Waals surface area contributed by atoms with E-state index in [1.807, 2.05) is 0 Å². The summed E-state index contributed by atoms with van der Waals surface area (Å²) in [4.78, 5) is 12.3. The van der Waals surface area contributed by atoms with Crippen LogP contribution in [0.2, 0.25) is 0 Å². The molecule has 0 amide bonds. The number of ketones is 1. The van der Waals surface area contributed by atoms with E-state index >= 15 is 0 Å². The predicted molar refractivity (Wildman–Crippen MR) is 64.8 cm³/mol. The van der Waals surface area contributed by atoms with Gasteiger partial charge in [0.1, 0.15) is 5.78 Å². The van der Waals surface area contributed by atoms with E-state index in [0.29, 0.717) is 17.1 Å². The fourth-order valence-electron chi connectivity index (χ4n) is 4.38. The monoisotopic (exact) mass is 210 g/mol. The molecule has 1 rings (SSSR count). The van der Waals surface area contributed by atoms with E-state index in [1.54, 1.807) is 0 Å². The Balaban J connectivity index is 3.12. The molecular weight excluding hydrogens is 184 g/mol. The zero-order chi connectivity index (χ0) is 11.7. The molecule has 1 fully saturated rings. The van der Waals surface area contributed by atoms with Gasteiger partial charge in [-0.05, 0) is 37.5 Å². The van der Waals surface area contributed by atoms with Crippen molar-refractivity contribution >= 4 is 5.78 Å². The Morgan fingerprint density at radius 3 is 1.67 bits per heavy atom. The first-order chi connectivity index (χ1) is 7.10. The van der Waals surface area contributed by atoms with E-state index in [0.717, 1.165) is 32.1 Å². The van der Waals surface area contributed by atoms with Crippen LogP contribution in [0.1, 0.15) is 66.7 Å². The lowest BCUT2D eigenvalue weighted by Crippen LogP contribution is -2.65. The fraction of sp³-hybridized carbons (Fsp3) is 0.929. The van der Waals surface area contributed by atoms with Crippen molar-refractivity contribution < 1.29 is 4.79 Å². The topological polar surface area (TPSA) is 17.1 Å². The van der Waals surface area contributed by atoms with E-state index < -0.39 is 0 Å². The maximum Gasteiger partial charge on any atom is 0.143 e. The van der Waals surface area contributed by atoms with Gasteiger partial charge in [0.15, 0.2) is 0 Å². The van der Waals surface area contributed by atoms with Gasteiger partial charge in [0.25, 0.3) is 0 Å². The van der Waals surface area contributed by atoms with Crippen molar-refractivity contribution in [1.29, 1.82) is 0 Å². The van der Waals surface area contributed by atoms with Gasteiger partial charge < -0.3 is 0 Å². The maximum atomic E-state index is 12.3. The number of hydrogen-bond donors (Lipinski definition) is 0. The smallest absolute Gasteiger partial charge is 0.143 e. The molecule has 1 unspecified atom stereocenters. The van der Waals surface area contributed by atoms with Crippen molar-refractivity contribution in [2.45, 2.75) is 66.7 Å². The third-order valence-electron chi connectivity index (χ3n) is 5.29. The first kappa shape index (κ1) is 12.7. The van der Waals surface area contributed by atoms with Crippen molar-refractivity contribution in [3.63, 3.8) is 0 Å². The van der Waals surface area contributed by atoms with Gasteiger partial charge in [-0.25, -0.2) is 0 Å². The van der Waals surface area contributed by atoms with Crippen LogP contribution < -0.4 is 0 Å². The van der Waals surface area contributed by atoms with Gasteiger partial charge in [-0.1, -0.05) is 34.6 Å². The molecule has 0 aromatic heterocycles. The van der Waals surface area contributed by atoms with Crippen molar-refractivity contribution in [3.8, 4) is 0 Å². The summed E-state index contributed by atoms with van der Waals surface area (Å²) in [5.41, 5.74) is 0.319. The van der Waals surface area contributed by atoms with Crippen LogP contribution in [0.3, 0.4) is 0 Å². The van der Waals surface area contributed by atoms with Gasteiger partial charge >= 0.3 is 0 Å². The average molecular weight is 210 g/mol. The molecule has 0 bridgehead atoms. The molecule has 1 heteroatoms. The Bertz CT molecular complexity index is 234. The standard InChI is InChI=1S/C14H26O/c1-6-11-12(15)14(9-4,10-5)13(11,7-2)8-3/h11H,6-10H2,1-5H3. The van der Waals surface area contributed by atoms with Crippen molar-refractivity contribution in [2.75, 3.05) is 0 Å². The molecule has 0 aromatic rings. The van der Waals surface area contributed by atoms with Crippen LogP contribution in [0.5, 0.6) is 0 Å². The maximum absolute atomic E-state index is 12.3. The summed E-state index contributed by atoms with van der Waals surface area (Å²) in [7, 11) is 0. The van der Waals surface area contributed by atoms with Crippen LogP contribution in [0.15, 0.2) is 0 Å². The normalized spacial score (nSPS) is 27.5. The van der Waals surface area contributed by atoms with Crippen LogP contribution in [0.4, 0.5) is 0 Å². The second-order valence-electron chi connectivity index (χ2n) is 4.98. The van der Waals surface area contributed by atoms with E-state index in [2.05, 4.69) is 34.6 Å². The summed E-state index contributed by atoms with van der Waals surface area (Å²) in [6.45, 7) is 11.1. The van der Waals surface area contributed by atoms with Gasteiger partial charge in [0.2, 0.25) is 0 Å². The van der Waals surface area contributed by atoms with Gasteiger partial charge in [-0.2, -0.15) is 0 Å². The Morgan fingerprint density at radius 1 is 0.933 bits per heavy atom. The Labute approximate surface area is 94.6 Å². The lowest BCUT2D eigenvalue weighted by atomic mass is 9.39. The Kier molecular flexibility index (Phi) is 3.63. The van der Waals surface area contributed by atoms with Crippen LogP contribution >= 0.6 is 0 Å². The Morgan fingerprint density at radius 2 is 1.40 bits per heavy atom. The minimum absolute atomic E-state index is 0.0111. The van der Waals surface area contributed by atoms with Crippen molar-refractivity contribution in [2.24, 2.45) is 16.7 Å². The highest BCUT2D eigenvalue weighted by molar-refractivity contribution is 5.95. The minimum Gasteiger partial charge on any atom is -0.299 e. The zero-order valence-corrected chi connectivity index (χ0v) is 11.0. The van der Waals surface area contributed by atoms with E-state index in [9.17, 15) is 4.79 Å². The quantitative estimate of drug-likeness (QED) is 0.664. The average Bonchev–Trinajstić information content (AvgIpc) is 2.27. The first-order valence-electron chi connectivity index (χ1n) is 6.64. The fourth-order valence-corrected chi connectivity index (χ4v) is 4.38. The molecule has 1 aliphatic carbocycles. The molecule has 1 saturated carbocycles. The van der Waals surface area contributed by atoms with Gasteiger partial charge in [0, 0.05) is 11.3 Å². The third kappa shape index (κ3) is 1.24. The molecule has 15 heavy (non-hydrogen) atoms. The van der Waals surface area contributed by atoms with Crippen LogP contribution in [0.25, 0.3) is 0 Å². The van der Waals surface area contributed by atoms with Crippen LogP contribution in [-0.2, 0) is 4.79 Å². The van der Waals surface area contributed by atoms with Crippen LogP contribution in [0, 0.1) is 16.7 Å². The van der Waals surface area contributed by atoms with E-state index in [4.69, 9.17) is 0 Å². The zero-order valence-electron chi connectivity index (χ0n) is 11.0. The summed E-state index contributed by atoms with van der Waals surface area (Å²) in [6, 6.07) is 0. The molecule has 0 heterocycles. The van der Waals surface area contributed by atoms with Crippen molar-refractivity contribution in [3.05, 3.63) is 0 Å². The molecule has 0 saturated heterocycles. The highest BCUT2D eigenvalue weighted by Crippen LogP contribution is 2.66. The molecule has 1 atom stereocenters. The minimum atomic E-state index is 0.0111. The molecule has 0 aromatic carbocycles. The van der Waals surface area contributed by atoms with Gasteiger partial charge in [0.05, 0.1) is 0 Å². The number of rotatable bonds is 5. The number of Topliss-reactive ketones (excluding diaryl/α,β-unsaturated/α-hetero) is 1. The molecule has 1 nitrogen and oxygen atoms in total. The molecule has 0 aliphatic heterocycles. The predicted octanol–water partition coefficient (Wildman–Crippen LogP) is 4.21. The Hall–Kier alpha value is -0.330. The molecule has 88 valence electrons. The molecule has 0 N–H and O–H groups in total. The molecule has 0 spiro atoms. The molecule has 1 aliphatic rings. The molecule has 0 radical (unpaired) electrons.